The second-order valence-corrected chi connectivity index (χ2v) is 8.07. The third-order valence-electron chi connectivity index (χ3n) is 3.82. The zero-order valence-corrected chi connectivity index (χ0v) is 18.9. The van der Waals surface area contributed by atoms with Crippen molar-refractivity contribution in [3.8, 4) is 18.1 Å². The number of anilines is 1. The Labute approximate surface area is 192 Å². The fourth-order valence-electron chi connectivity index (χ4n) is 2.56. The molecule has 4 amide bonds. The van der Waals surface area contributed by atoms with Gasteiger partial charge in [0.05, 0.1) is 12.8 Å². The Morgan fingerprint density at radius 2 is 1.76 bits per heavy atom. The minimum absolute atomic E-state index is 0.113. The van der Waals surface area contributed by atoms with Gasteiger partial charge in [-0.25, -0.2) is 14.1 Å². The Hall–Kier alpha value is -2.46. The molecule has 146 valence electrons. The summed E-state index contributed by atoms with van der Waals surface area (Å²) in [4.78, 5) is 38.1. The number of rotatable bonds is 4. The van der Waals surface area contributed by atoms with Crippen molar-refractivity contribution in [3.05, 3.63) is 60.5 Å². The molecule has 0 saturated carbocycles. The first kappa shape index (κ1) is 21.3. The summed E-state index contributed by atoms with van der Waals surface area (Å²) >= 11 is 4.13. The number of barbiturate groups is 1. The molecule has 1 saturated heterocycles. The van der Waals surface area contributed by atoms with Gasteiger partial charge in [-0.1, -0.05) is 5.92 Å². The van der Waals surface area contributed by atoms with Crippen LogP contribution in [0.2, 0.25) is 0 Å². The summed E-state index contributed by atoms with van der Waals surface area (Å²) in [5, 5.41) is 2.13. The topological polar surface area (TPSA) is 75.7 Å². The number of carbonyl (C=O) groups is 3. The number of amides is 4. The number of imide groups is 2. The Bertz CT molecular complexity index is 1070. The first-order valence-electron chi connectivity index (χ1n) is 8.04. The summed E-state index contributed by atoms with van der Waals surface area (Å²) in [7, 11) is 0. The molecule has 9 heteroatoms. The van der Waals surface area contributed by atoms with Crippen molar-refractivity contribution in [2.45, 2.75) is 0 Å². The van der Waals surface area contributed by atoms with Gasteiger partial charge >= 0.3 is 6.03 Å². The van der Waals surface area contributed by atoms with Gasteiger partial charge in [-0.15, -0.1) is 6.42 Å². The van der Waals surface area contributed by atoms with Gasteiger partial charge in [-0.05, 0) is 93.2 Å². The van der Waals surface area contributed by atoms with E-state index in [2.05, 4.69) is 56.4 Å². The SMILES string of the molecule is C#CCOc1c(I)cc(/C=C2\C(=O)NC(=O)N(c3ccc(F)cc3)C2=O)cc1I. The van der Waals surface area contributed by atoms with Crippen LogP contribution in [0.3, 0.4) is 0 Å². The maximum atomic E-state index is 13.2. The van der Waals surface area contributed by atoms with E-state index >= 15 is 0 Å². The predicted octanol–water partition coefficient (Wildman–Crippen LogP) is 3.71. The fourth-order valence-corrected chi connectivity index (χ4v) is 4.69. The molecule has 0 aliphatic carbocycles. The van der Waals surface area contributed by atoms with E-state index in [4.69, 9.17) is 11.2 Å². The molecule has 0 bridgehead atoms. The molecule has 0 atom stereocenters. The summed E-state index contributed by atoms with van der Waals surface area (Å²) in [6, 6.07) is 7.35. The molecule has 0 radical (unpaired) electrons. The van der Waals surface area contributed by atoms with Crippen LogP contribution in [0.1, 0.15) is 5.56 Å². The lowest BCUT2D eigenvalue weighted by Crippen LogP contribution is -2.54. The molecule has 1 aliphatic rings. The van der Waals surface area contributed by atoms with Crippen molar-refractivity contribution in [1.82, 2.24) is 5.32 Å². The standard InChI is InChI=1S/C20H11FI2N2O4/c1-2-7-29-17-15(22)9-11(10-16(17)23)8-14-18(26)24-20(28)25(19(14)27)13-5-3-12(21)4-6-13/h1,3-6,8-10H,7H2,(H,24,26,28)/b14-8+. The molecule has 6 nitrogen and oxygen atoms in total. The molecule has 0 aromatic heterocycles. The number of carbonyl (C=O) groups excluding carboxylic acids is 3. The minimum atomic E-state index is -0.897. The molecule has 1 heterocycles. The molecular weight excluding hydrogens is 605 g/mol. The normalized spacial score (nSPS) is 15.3. The van der Waals surface area contributed by atoms with Crippen molar-refractivity contribution in [2.75, 3.05) is 11.5 Å². The first-order valence-corrected chi connectivity index (χ1v) is 10.2. The van der Waals surface area contributed by atoms with E-state index in [0.29, 0.717) is 11.3 Å². The monoisotopic (exact) mass is 616 g/mol. The van der Waals surface area contributed by atoms with Gasteiger partial charge in [0.1, 0.15) is 23.7 Å². The van der Waals surface area contributed by atoms with Crippen LogP contribution in [-0.4, -0.2) is 24.5 Å². The number of nitrogens with zero attached hydrogens (tertiary/aromatic N) is 1. The molecule has 1 fully saturated rings. The number of ether oxygens (including phenoxy) is 1. The van der Waals surface area contributed by atoms with Gasteiger partial charge in [0.2, 0.25) is 0 Å². The maximum absolute atomic E-state index is 13.2. The highest BCUT2D eigenvalue weighted by Gasteiger charge is 2.36. The van der Waals surface area contributed by atoms with Crippen LogP contribution >= 0.6 is 45.2 Å². The lowest BCUT2D eigenvalue weighted by molar-refractivity contribution is -0.122. The van der Waals surface area contributed by atoms with Crippen LogP contribution in [0.4, 0.5) is 14.9 Å². The largest absolute Gasteiger partial charge is 0.479 e. The Morgan fingerprint density at radius 1 is 1.14 bits per heavy atom. The van der Waals surface area contributed by atoms with Crippen molar-refractivity contribution in [3.63, 3.8) is 0 Å². The molecule has 0 unspecified atom stereocenters. The maximum Gasteiger partial charge on any atom is 0.335 e. The zero-order chi connectivity index (χ0) is 21.1. The number of halogens is 3. The van der Waals surface area contributed by atoms with Crippen LogP contribution in [0.5, 0.6) is 5.75 Å². The highest BCUT2D eigenvalue weighted by atomic mass is 127. The second-order valence-electron chi connectivity index (χ2n) is 5.74. The number of hydrogen-bond donors (Lipinski definition) is 1. The summed E-state index contributed by atoms with van der Waals surface area (Å²) in [6.07, 6.45) is 6.60. The van der Waals surface area contributed by atoms with Gasteiger partial charge < -0.3 is 4.74 Å². The minimum Gasteiger partial charge on any atom is -0.479 e. The van der Waals surface area contributed by atoms with Crippen molar-refractivity contribution in [2.24, 2.45) is 0 Å². The van der Waals surface area contributed by atoms with Crippen LogP contribution in [0, 0.1) is 25.3 Å². The third-order valence-corrected chi connectivity index (χ3v) is 5.42. The smallest absolute Gasteiger partial charge is 0.335 e. The van der Waals surface area contributed by atoms with E-state index in [1.54, 1.807) is 12.1 Å². The number of urea groups is 1. The van der Waals surface area contributed by atoms with Gasteiger partial charge in [0.15, 0.2) is 0 Å². The van der Waals surface area contributed by atoms with E-state index in [1.165, 1.54) is 18.2 Å². The molecule has 1 N–H and O–H groups in total. The lowest BCUT2D eigenvalue weighted by Gasteiger charge is -2.26. The zero-order valence-electron chi connectivity index (χ0n) is 14.5. The Kier molecular flexibility index (Phi) is 6.53. The van der Waals surface area contributed by atoms with Gasteiger partial charge in [0, 0.05) is 0 Å². The average molecular weight is 616 g/mol. The Balaban J connectivity index is 1.98. The second kappa shape index (κ2) is 8.91. The van der Waals surface area contributed by atoms with Crippen LogP contribution in [0.25, 0.3) is 6.08 Å². The van der Waals surface area contributed by atoms with E-state index < -0.39 is 23.7 Å². The molecule has 29 heavy (non-hydrogen) atoms. The van der Waals surface area contributed by atoms with Crippen LogP contribution in [-0.2, 0) is 9.59 Å². The molecule has 2 aromatic carbocycles. The van der Waals surface area contributed by atoms with Crippen LogP contribution in [0.15, 0.2) is 42.0 Å². The summed E-state index contributed by atoms with van der Waals surface area (Å²) in [6.45, 7) is 0.113. The summed E-state index contributed by atoms with van der Waals surface area (Å²) in [5.74, 6) is 0.872. The van der Waals surface area contributed by atoms with Crippen molar-refractivity contribution < 1.29 is 23.5 Å². The van der Waals surface area contributed by atoms with E-state index in [9.17, 15) is 18.8 Å². The number of terminal acetylenes is 1. The number of hydrogen-bond acceptors (Lipinski definition) is 4. The highest BCUT2D eigenvalue weighted by molar-refractivity contribution is 14.1. The van der Waals surface area contributed by atoms with E-state index in [-0.39, 0.29) is 17.9 Å². The summed E-state index contributed by atoms with van der Waals surface area (Å²) < 4.78 is 20.2. The average Bonchev–Trinajstić information content (AvgIpc) is 2.66. The number of benzene rings is 2. The van der Waals surface area contributed by atoms with Crippen LogP contribution < -0.4 is 15.0 Å². The molecule has 0 spiro atoms. The van der Waals surface area contributed by atoms with Gasteiger partial charge in [0.25, 0.3) is 11.8 Å². The quantitative estimate of drug-likeness (QED) is 0.246. The molecular formula is C20H11FI2N2O4. The first-order chi connectivity index (χ1) is 13.8. The lowest BCUT2D eigenvalue weighted by atomic mass is 10.1. The van der Waals surface area contributed by atoms with Crippen molar-refractivity contribution in [1.29, 1.82) is 0 Å². The molecule has 3 rings (SSSR count). The highest BCUT2D eigenvalue weighted by Crippen LogP contribution is 2.30. The number of nitrogens with one attached hydrogen (secondary N) is 1. The molecule has 2 aromatic rings. The van der Waals surface area contributed by atoms with Gasteiger partial charge in [-0.2, -0.15) is 0 Å². The van der Waals surface area contributed by atoms with E-state index in [1.807, 2.05) is 0 Å². The molecule has 1 aliphatic heterocycles. The Morgan fingerprint density at radius 3 is 2.34 bits per heavy atom. The van der Waals surface area contributed by atoms with Crippen molar-refractivity contribution >= 4 is 74.8 Å². The van der Waals surface area contributed by atoms with E-state index in [0.717, 1.165) is 24.2 Å². The van der Waals surface area contributed by atoms with Gasteiger partial charge in [-0.3, -0.25) is 14.9 Å². The predicted molar refractivity (Wildman–Crippen MR) is 122 cm³/mol. The fraction of sp³-hybridized carbons (Fsp3) is 0.0500. The third kappa shape index (κ3) is 4.59. The summed E-state index contributed by atoms with van der Waals surface area (Å²) in [5.41, 5.74) is 0.492.